The van der Waals surface area contributed by atoms with Crippen LogP contribution in [0.4, 0.5) is 4.39 Å². The van der Waals surface area contributed by atoms with Crippen LogP contribution in [0.1, 0.15) is 5.56 Å². The zero-order valence-electron chi connectivity index (χ0n) is 9.39. The molecule has 2 N–H and O–H groups in total. The highest BCUT2D eigenvalue weighted by molar-refractivity contribution is 5.79. The lowest BCUT2D eigenvalue weighted by Crippen LogP contribution is -1.88. The van der Waals surface area contributed by atoms with E-state index in [1.807, 2.05) is 6.07 Å². The number of pyridine rings is 1. The predicted octanol–water partition coefficient (Wildman–Crippen LogP) is 2.26. The highest BCUT2D eigenvalue weighted by Crippen LogP contribution is 2.20. The molecule has 0 fully saturated rings. The van der Waals surface area contributed by atoms with Crippen molar-refractivity contribution in [3.05, 3.63) is 47.9 Å². The number of hydrogen-bond donors (Lipinski definition) is 2. The zero-order valence-corrected chi connectivity index (χ0v) is 9.39. The molecule has 0 bridgehead atoms. The van der Waals surface area contributed by atoms with Crippen LogP contribution in [0.2, 0.25) is 0 Å². The minimum atomic E-state index is -0.538. The normalized spacial score (nSPS) is 11.0. The Balaban J connectivity index is 2.13. The maximum Gasteiger partial charge on any atom is 0.213 e. The summed E-state index contributed by atoms with van der Waals surface area (Å²) in [7, 11) is 0. The first-order valence-electron chi connectivity index (χ1n) is 5.49. The van der Waals surface area contributed by atoms with Crippen molar-refractivity contribution < 1.29 is 9.50 Å². The van der Waals surface area contributed by atoms with Crippen LogP contribution in [0.3, 0.4) is 0 Å². The standard InChI is InChI=1S/C13H10FN3O/c14-12-3-1-2-10(15-12)13-16-9-5-4-8(7-18)6-11(9)17-13/h1-6,18H,7H2,(H,16,17). The van der Waals surface area contributed by atoms with Crippen LogP contribution in [0.15, 0.2) is 36.4 Å². The van der Waals surface area contributed by atoms with Crippen molar-refractivity contribution in [2.24, 2.45) is 0 Å². The lowest BCUT2D eigenvalue weighted by Gasteiger charge is -1.94. The number of fused-ring (bicyclic) bond motifs is 1. The Morgan fingerprint density at radius 2 is 2.06 bits per heavy atom. The molecule has 0 unspecified atom stereocenters. The second-order valence-corrected chi connectivity index (χ2v) is 3.94. The number of nitrogens with one attached hydrogen (secondary N) is 1. The van der Waals surface area contributed by atoms with Crippen LogP contribution in [0.25, 0.3) is 22.6 Å². The van der Waals surface area contributed by atoms with E-state index in [-0.39, 0.29) is 6.61 Å². The number of benzene rings is 1. The second kappa shape index (κ2) is 4.19. The maximum absolute atomic E-state index is 13.0. The molecule has 90 valence electrons. The van der Waals surface area contributed by atoms with Gasteiger partial charge in [-0.1, -0.05) is 12.1 Å². The molecule has 1 aromatic carbocycles. The van der Waals surface area contributed by atoms with Gasteiger partial charge in [-0.05, 0) is 29.8 Å². The van der Waals surface area contributed by atoms with E-state index in [4.69, 9.17) is 5.11 Å². The number of aromatic amines is 1. The number of hydrogen-bond acceptors (Lipinski definition) is 3. The van der Waals surface area contributed by atoms with Gasteiger partial charge in [0, 0.05) is 0 Å². The summed E-state index contributed by atoms with van der Waals surface area (Å²) in [6.07, 6.45) is 0. The fraction of sp³-hybridized carbons (Fsp3) is 0.0769. The van der Waals surface area contributed by atoms with Crippen molar-refractivity contribution in [3.63, 3.8) is 0 Å². The summed E-state index contributed by atoms with van der Waals surface area (Å²) < 4.78 is 13.0. The summed E-state index contributed by atoms with van der Waals surface area (Å²) in [5.41, 5.74) is 2.80. The second-order valence-electron chi connectivity index (χ2n) is 3.94. The van der Waals surface area contributed by atoms with E-state index in [2.05, 4.69) is 15.0 Å². The molecule has 0 saturated heterocycles. The number of H-pyrrole nitrogens is 1. The molecule has 0 atom stereocenters. The van der Waals surface area contributed by atoms with Gasteiger partial charge in [0.1, 0.15) is 5.69 Å². The molecule has 18 heavy (non-hydrogen) atoms. The Bertz CT molecular complexity index is 708. The number of nitrogens with zero attached hydrogens (tertiary/aromatic N) is 2. The SMILES string of the molecule is OCc1ccc2nc(-c3cccc(F)n3)[nH]c2c1. The molecular weight excluding hydrogens is 233 g/mol. The summed E-state index contributed by atoms with van der Waals surface area (Å²) in [6, 6.07) is 9.98. The molecule has 0 saturated carbocycles. The summed E-state index contributed by atoms with van der Waals surface area (Å²) in [4.78, 5) is 11.2. The third-order valence-corrected chi connectivity index (χ3v) is 2.69. The van der Waals surface area contributed by atoms with Crippen LogP contribution in [0.5, 0.6) is 0 Å². The molecule has 0 aliphatic heterocycles. The van der Waals surface area contributed by atoms with Gasteiger partial charge in [-0.15, -0.1) is 0 Å². The van der Waals surface area contributed by atoms with Gasteiger partial charge in [0.15, 0.2) is 5.82 Å². The van der Waals surface area contributed by atoms with E-state index in [9.17, 15) is 4.39 Å². The molecule has 3 aromatic rings. The highest BCUT2D eigenvalue weighted by Gasteiger charge is 2.07. The van der Waals surface area contributed by atoms with Gasteiger partial charge in [-0.2, -0.15) is 4.39 Å². The average molecular weight is 243 g/mol. The lowest BCUT2D eigenvalue weighted by atomic mass is 10.2. The van der Waals surface area contributed by atoms with Gasteiger partial charge < -0.3 is 10.1 Å². The Morgan fingerprint density at radius 1 is 1.17 bits per heavy atom. The number of aliphatic hydroxyl groups is 1. The van der Waals surface area contributed by atoms with Gasteiger partial charge in [0.05, 0.1) is 17.6 Å². The minimum Gasteiger partial charge on any atom is -0.392 e. The molecule has 5 heteroatoms. The van der Waals surface area contributed by atoms with Gasteiger partial charge in [-0.25, -0.2) is 9.97 Å². The molecule has 2 heterocycles. The quantitative estimate of drug-likeness (QED) is 0.678. The fourth-order valence-electron chi connectivity index (χ4n) is 1.82. The Hall–Kier alpha value is -2.27. The van der Waals surface area contributed by atoms with E-state index in [0.29, 0.717) is 11.5 Å². The first kappa shape index (κ1) is 10.9. The smallest absolute Gasteiger partial charge is 0.213 e. The van der Waals surface area contributed by atoms with Crippen molar-refractivity contribution in [2.45, 2.75) is 6.61 Å². The van der Waals surface area contributed by atoms with Crippen molar-refractivity contribution in [2.75, 3.05) is 0 Å². The predicted molar refractivity (Wildman–Crippen MR) is 65.2 cm³/mol. The lowest BCUT2D eigenvalue weighted by molar-refractivity contribution is 0.282. The third kappa shape index (κ3) is 1.84. The van der Waals surface area contributed by atoms with E-state index >= 15 is 0 Å². The van der Waals surface area contributed by atoms with Crippen molar-refractivity contribution in [1.29, 1.82) is 0 Å². The first-order valence-corrected chi connectivity index (χ1v) is 5.49. The van der Waals surface area contributed by atoms with Crippen molar-refractivity contribution >= 4 is 11.0 Å². The molecule has 2 aromatic heterocycles. The fourth-order valence-corrected chi connectivity index (χ4v) is 1.82. The number of aliphatic hydroxyl groups excluding tert-OH is 1. The highest BCUT2D eigenvalue weighted by atomic mass is 19.1. The molecular formula is C13H10FN3O. The topological polar surface area (TPSA) is 61.8 Å². The summed E-state index contributed by atoms with van der Waals surface area (Å²) in [5, 5.41) is 9.06. The molecule has 0 amide bonds. The van der Waals surface area contributed by atoms with Crippen LogP contribution >= 0.6 is 0 Å². The molecule has 0 spiro atoms. The minimum absolute atomic E-state index is 0.0253. The van der Waals surface area contributed by atoms with E-state index in [1.165, 1.54) is 6.07 Å². The van der Waals surface area contributed by atoms with Crippen LogP contribution in [-0.4, -0.2) is 20.1 Å². The largest absolute Gasteiger partial charge is 0.392 e. The summed E-state index contributed by atoms with van der Waals surface area (Å²) in [5.74, 6) is -0.0245. The molecule has 0 radical (unpaired) electrons. The number of aromatic nitrogens is 3. The Labute approximate surface area is 102 Å². The van der Waals surface area contributed by atoms with E-state index < -0.39 is 5.95 Å². The van der Waals surface area contributed by atoms with Crippen molar-refractivity contribution in [3.8, 4) is 11.5 Å². The van der Waals surface area contributed by atoms with Crippen LogP contribution < -0.4 is 0 Å². The first-order chi connectivity index (χ1) is 8.76. The summed E-state index contributed by atoms with van der Waals surface area (Å²) in [6.45, 7) is -0.0253. The average Bonchev–Trinajstić information content (AvgIpc) is 2.81. The number of halogens is 1. The van der Waals surface area contributed by atoms with Gasteiger partial charge in [0.25, 0.3) is 0 Å². The summed E-state index contributed by atoms with van der Waals surface area (Å²) >= 11 is 0. The van der Waals surface area contributed by atoms with Crippen LogP contribution in [-0.2, 0) is 6.61 Å². The number of imidazole rings is 1. The Morgan fingerprint density at radius 3 is 2.83 bits per heavy atom. The Kier molecular flexibility index (Phi) is 2.53. The van der Waals surface area contributed by atoms with E-state index in [0.717, 1.165) is 16.6 Å². The maximum atomic E-state index is 13.0. The monoisotopic (exact) mass is 243 g/mol. The van der Waals surface area contributed by atoms with Crippen LogP contribution in [0, 0.1) is 5.95 Å². The van der Waals surface area contributed by atoms with Gasteiger partial charge in [-0.3, -0.25) is 0 Å². The molecule has 0 aliphatic carbocycles. The van der Waals surface area contributed by atoms with Gasteiger partial charge in [0.2, 0.25) is 5.95 Å². The van der Waals surface area contributed by atoms with E-state index in [1.54, 1.807) is 24.3 Å². The van der Waals surface area contributed by atoms with Gasteiger partial charge >= 0.3 is 0 Å². The molecule has 0 aliphatic rings. The number of rotatable bonds is 2. The van der Waals surface area contributed by atoms with Crippen molar-refractivity contribution in [1.82, 2.24) is 15.0 Å². The molecule has 3 rings (SSSR count). The third-order valence-electron chi connectivity index (χ3n) is 2.69. The zero-order chi connectivity index (χ0) is 12.5. The molecule has 4 nitrogen and oxygen atoms in total.